The normalized spacial score (nSPS) is 25.9. The Balaban J connectivity index is 1.97. The molecule has 88 valence electrons. The number of rotatable bonds is 3. The fourth-order valence-corrected chi connectivity index (χ4v) is 1.92. The fraction of sp³-hybridized carbons (Fsp3) is 0.538. The molecule has 0 radical (unpaired) electrons. The quantitative estimate of drug-likeness (QED) is 0.779. The van der Waals surface area contributed by atoms with Crippen LogP contribution in [-0.2, 0) is 9.47 Å². The van der Waals surface area contributed by atoms with E-state index in [2.05, 4.69) is 19.0 Å². The monoisotopic (exact) mass is 221 g/mol. The second-order valence-electron chi connectivity index (χ2n) is 4.42. The SMILES string of the molecule is CN(C)C[C@H]1CCO[C@H](c2ccccc2)O1. The molecule has 0 aromatic heterocycles. The Bertz CT molecular complexity index is 313. The van der Waals surface area contributed by atoms with Crippen LogP contribution >= 0.6 is 0 Å². The molecular weight excluding hydrogens is 202 g/mol. The first kappa shape index (κ1) is 11.6. The van der Waals surface area contributed by atoms with Gasteiger partial charge in [0.15, 0.2) is 6.29 Å². The van der Waals surface area contributed by atoms with Crippen molar-refractivity contribution in [1.82, 2.24) is 4.90 Å². The summed E-state index contributed by atoms with van der Waals surface area (Å²) >= 11 is 0. The average molecular weight is 221 g/mol. The summed E-state index contributed by atoms with van der Waals surface area (Å²) in [6.07, 6.45) is 1.05. The molecule has 2 rings (SSSR count). The summed E-state index contributed by atoms with van der Waals surface area (Å²) in [5.74, 6) is 0. The molecule has 1 aliphatic rings. The highest BCUT2D eigenvalue weighted by atomic mass is 16.7. The molecule has 1 aliphatic heterocycles. The maximum Gasteiger partial charge on any atom is 0.184 e. The number of hydrogen-bond acceptors (Lipinski definition) is 3. The van der Waals surface area contributed by atoms with E-state index in [-0.39, 0.29) is 12.4 Å². The summed E-state index contributed by atoms with van der Waals surface area (Å²) in [4.78, 5) is 2.15. The van der Waals surface area contributed by atoms with E-state index in [1.165, 1.54) is 0 Å². The Morgan fingerprint density at radius 3 is 2.69 bits per heavy atom. The molecule has 16 heavy (non-hydrogen) atoms. The van der Waals surface area contributed by atoms with Gasteiger partial charge in [0.05, 0.1) is 12.7 Å². The van der Waals surface area contributed by atoms with Gasteiger partial charge in [-0.1, -0.05) is 30.3 Å². The van der Waals surface area contributed by atoms with Crippen molar-refractivity contribution >= 4 is 0 Å². The smallest absolute Gasteiger partial charge is 0.184 e. The number of hydrogen-bond donors (Lipinski definition) is 0. The molecule has 0 aliphatic carbocycles. The van der Waals surface area contributed by atoms with Gasteiger partial charge in [0.2, 0.25) is 0 Å². The van der Waals surface area contributed by atoms with Crippen LogP contribution in [0.4, 0.5) is 0 Å². The van der Waals surface area contributed by atoms with Gasteiger partial charge in [-0.3, -0.25) is 0 Å². The molecular formula is C13H19NO2. The summed E-state index contributed by atoms with van der Waals surface area (Å²) in [5, 5.41) is 0. The number of benzene rings is 1. The van der Waals surface area contributed by atoms with E-state index in [1.807, 2.05) is 30.3 Å². The Kier molecular flexibility index (Phi) is 3.93. The van der Waals surface area contributed by atoms with Crippen molar-refractivity contribution in [3.63, 3.8) is 0 Å². The molecule has 3 nitrogen and oxygen atoms in total. The average Bonchev–Trinajstić information content (AvgIpc) is 2.30. The van der Waals surface area contributed by atoms with Gasteiger partial charge < -0.3 is 14.4 Å². The van der Waals surface area contributed by atoms with Crippen LogP contribution in [0.15, 0.2) is 30.3 Å². The molecule has 3 heteroatoms. The Labute approximate surface area is 97.0 Å². The highest BCUT2D eigenvalue weighted by Crippen LogP contribution is 2.26. The van der Waals surface area contributed by atoms with Crippen molar-refractivity contribution in [3.05, 3.63) is 35.9 Å². The molecule has 2 atom stereocenters. The van der Waals surface area contributed by atoms with Crippen LogP contribution in [0.1, 0.15) is 18.3 Å². The molecule has 1 heterocycles. The van der Waals surface area contributed by atoms with Gasteiger partial charge in [-0.15, -0.1) is 0 Å². The molecule has 0 bridgehead atoms. The van der Waals surface area contributed by atoms with Crippen LogP contribution in [0.3, 0.4) is 0 Å². The fourth-order valence-electron chi connectivity index (χ4n) is 1.92. The topological polar surface area (TPSA) is 21.7 Å². The van der Waals surface area contributed by atoms with Crippen molar-refractivity contribution in [3.8, 4) is 0 Å². The highest BCUT2D eigenvalue weighted by molar-refractivity contribution is 5.16. The van der Waals surface area contributed by atoms with Gasteiger partial charge in [-0.05, 0) is 20.5 Å². The van der Waals surface area contributed by atoms with Crippen molar-refractivity contribution in [1.29, 1.82) is 0 Å². The number of nitrogens with zero attached hydrogens (tertiary/aromatic N) is 1. The van der Waals surface area contributed by atoms with E-state index < -0.39 is 0 Å². The van der Waals surface area contributed by atoms with Gasteiger partial charge in [0.25, 0.3) is 0 Å². The summed E-state index contributed by atoms with van der Waals surface area (Å²) in [5.41, 5.74) is 1.10. The molecule has 1 fully saturated rings. The number of ether oxygens (including phenoxy) is 2. The number of likely N-dealkylation sites (N-methyl/N-ethyl adjacent to an activating group) is 1. The van der Waals surface area contributed by atoms with Gasteiger partial charge >= 0.3 is 0 Å². The van der Waals surface area contributed by atoms with Crippen LogP contribution in [0.2, 0.25) is 0 Å². The van der Waals surface area contributed by atoms with Crippen LogP contribution in [0.25, 0.3) is 0 Å². The Morgan fingerprint density at radius 1 is 1.25 bits per heavy atom. The lowest BCUT2D eigenvalue weighted by Crippen LogP contribution is -2.35. The summed E-state index contributed by atoms with van der Waals surface area (Å²) in [6.45, 7) is 1.73. The minimum atomic E-state index is -0.195. The van der Waals surface area contributed by atoms with E-state index in [4.69, 9.17) is 9.47 Å². The van der Waals surface area contributed by atoms with E-state index in [0.29, 0.717) is 0 Å². The van der Waals surface area contributed by atoms with Crippen molar-refractivity contribution < 1.29 is 9.47 Å². The molecule has 0 unspecified atom stereocenters. The third-order valence-corrected chi connectivity index (χ3v) is 2.67. The van der Waals surface area contributed by atoms with Gasteiger partial charge in [-0.2, -0.15) is 0 Å². The zero-order chi connectivity index (χ0) is 11.4. The predicted octanol–water partition coefficient (Wildman–Crippen LogP) is 2.05. The standard InChI is InChI=1S/C13H19NO2/c1-14(2)10-12-8-9-15-13(16-12)11-6-4-3-5-7-11/h3-7,12-13H,8-10H2,1-2H3/t12-,13+/m1/s1. The molecule has 0 N–H and O–H groups in total. The largest absolute Gasteiger partial charge is 0.348 e. The van der Waals surface area contributed by atoms with E-state index in [9.17, 15) is 0 Å². The minimum absolute atomic E-state index is 0.195. The van der Waals surface area contributed by atoms with E-state index >= 15 is 0 Å². The third-order valence-electron chi connectivity index (χ3n) is 2.67. The molecule has 0 spiro atoms. The summed E-state index contributed by atoms with van der Waals surface area (Å²) < 4.78 is 11.6. The first-order valence-electron chi connectivity index (χ1n) is 5.72. The van der Waals surface area contributed by atoms with Crippen LogP contribution in [-0.4, -0.2) is 38.3 Å². The molecule has 1 saturated heterocycles. The first-order valence-corrected chi connectivity index (χ1v) is 5.72. The zero-order valence-corrected chi connectivity index (χ0v) is 9.93. The second-order valence-corrected chi connectivity index (χ2v) is 4.42. The van der Waals surface area contributed by atoms with Crippen molar-refractivity contribution in [2.45, 2.75) is 18.8 Å². The van der Waals surface area contributed by atoms with Crippen LogP contribution in [0, 0.1) is 0 Å². The zero-order valence-electron chi connectivity index (χ0n) is 9.93. The molecule has 0 amide bonds. The van der Waals surface area contributed by atoms with Gasteiger partial charge in [-0.25, -0.2) is 0 Å². The lowest BCUT2D eigenvalue weighted by Gasteiger charge is -2.31. The highest BCUT2D eigenvalue weighted by Gasteiger charge is 2.24. The molecule has 1 aromatic carbocycles. The molecule has 1 aromatic rings. The summed E-state index contributed by atoms with van der Waals surface area (Å²) in [6, 6.07) is 10.1. The Hall–Kier alpha value is -0.900. The molecule has 0 saturated carbocycles. The first-order chi connectivity index (χ1) is 7.75. The predicted molar refractivity (Wildman–Crippen MR) is 63.2 cm³/mol. The van der Waals surface area contributed by atoms with Crippen molar-refractivity contribution in [2.24, 2.45) is 0 Å². The Morgan fingerprint density at radius 2 is 2.00 bits per heavy atom. The summed E-state index contributed by atoms with van der Waals surface area (Å²) in [7, 11) is 4.13. The van der Waals surface area contributed by atoms with E-state index in [1.54, 1.807) is 0 Å². The second kappa shape index (κ2) is 5.43. The maximum absolute atomic E-state index is 5.92. The lowest BCUT2D eigenvalue weighted by molar-refractivity contribution is -0.219. The van der Waals surface area contributed by atoms with Crippen molar-refractivity contribution in [2.75, 3.05) is 27.2 Å². The van der Waals surface area contributed by atoms with Crippen LogP contribution < -0.4 is 0 Å². The van der Waals surface area contributed by atoms with E-state index in [0.717, 1.165) is 25.1 Å². The minimum Gasteiger partial charge on any atom is -0.348 e. The third kappa shape index (κ3) is 3.04. The van der Waals surface area contributed by atoms with Crippen LogP contribution in [0.5, 0.6) is 0 Å². The van der Waals surface area contributed by atoms with Gasteiger partial charge in [0.1, 0.15) is 0 Å². The lowest BCUT2D eigenvalue weighted by atomic mass is 10.2. The maximum atomic E-state index is 5.92. The van der Waals surface area contributed by atoms with Gasteiger partial charge in [0, 0.05) is 12.1 Å².